The lowest BCUT2D eigenvalue weighted by atomic mass is 9.66. The molecule has 10 nitrogen and oxygen atoms in total. The number of hydrogen-bond acceptors (Lipinski definition) is 7. The van der Waals surface area contributed by atoms with Crippen LogP contribution in [0.1, 0.15) is 40.0 Å². The van der Waals surface area contributed by atoms with Gasteiger partial charge in [-0.1, -0.05) is 36.4 Å². The average Bonchev–Trinajstić information content (AvgIpc) is 3.67. The van der Waals surface area contributed by atoms with E-state index in [9.17, 15) is 19.5 Å². The van der Waals surface area contributed by atoms with E-state index in [-0.39, 0.29) is 37.5 Å². The summed E-state index contributed by atoms with van der Waals surface area (Å²) >= 11 is 1.63. The van der Waals surface area contributed by atoms with E-state index in [0.29, 0.717) is 19.5 Å². The summed E-state index contributed by atoms with van der Waals surface area (Å²) in [6, 6.07) is 6.12. The van der Waals surface area contributed by atoms with Crippen LogP contribution in [0.3, 0.4) is 0 Å². The molecule has 41 heavy (non-hydrogen) atoms. The zero-order chi connectivity index (χ0) is 29.5. The molecule has 3 aliphatic heterocycles. The zero-order valence-electron chi connectivity index (χ0n) is 24.1. The Hall–Kier alpha value is -3.18. The van der Waals surface area contributed by atoms with Crippen molar-refractivity contribution in [2.75, 3.05) is 26.2 Å². The lowest BCUT2D eigenvalue weighted by Gasteiger charge is -2.39. The number of amides is 3. The third-order valence-electron chi connectivity index (χ3n) is 8.99. The predicted octanol–water partition coefficient (Wildman–Crippen LogP) is 2.69. The summed E-state index contributed by atoms with van der Waals surface area (Å²) in [7, 11) is 0. The molecule has 6 atom stereocenters. The average molecular weight is 581 g/mol. The first-order chi connectivity index (χ1) is 19.7. The Bertz CT molecular complexity index is 1360. The van der Waals surface area contributed by atoms with Crippen molar-refractivity contribution in [3.8, 4) is 0 Å². The number of benzene rings is 1. The molecule has 11 heteroatoms. The Labute approximate surface area is 245 Å². The van der Waals surface area contributed by atoms with Crippen LogP contribution in [0.15, 0.2) is 49.6 Å². The van der Waals surface area contributed by atoms with Crippen LogP contribution in [-0.2, 0) is 21.1 Å². The normalized spacial score (nSPS) is 29.0. The van der Waals surface area contributed by atoms with Gasteiger partial charge in [-0.2, -0.15) is 0 Å². The van der Waals surface area contributed by atoms with Crippen molar-refractivity contribution >= 4 is 40.5 Å². The van der Waals surface area contributed by atoms with Crippen LogP contribution >= 0.6 is 11.8 Å². The SMILES string of the molecule is C=CCN(Cn1nnc2ccccc21)C(=O)C1N([C@H](C)CO)C(=O)[C@@H]2[C@H](C(=O)N(CC=C)CCC)[C@]3(C)CCC12S3. The van der Waals surface area contributed by atoms with Crippen molar-refractivity contribution in [1.82, 2.24) is 29.7 Å². The highest BCUT2D eigenvalue weighted by Gasteiger charge is 2.77. The first-order valence-corrected chi connectivity index (χ1v) is 15.2. The fraction of sp³-hybridized carbons (Fsp3) is 0.567. The molecule has 2 unspecified atom stereocenters. The van der Waals surface area contributed by atoms with Gasteiger partial charge in [0.2, 0.25) is 17.7 Å². The van der Waals surface area contributed by atoms with Crippen molar-refractivity contribution in [1.29, 1.82) is 0 Å². The molecular weight excluding hydrogens is 540 g/mol. The molecule has 1 aromatic carbocycles. The van der Waals surface area contributed by atoms with E-state index in [0.717, 1.165) is 23.9 Å². The van der Waals surface area contributed by atoms with E-state index in [4.69, 9.17) is 0 Å². The molecule has 0 saturated carbocycles. The van der Waals surface area contributed by atoms with Gasteiger partial charge in [-0.3, -0.25) is 14.4 Å². The summed E-state index contributed by atoms with van der Waals surface area (Å²) in [5.74, 6) is -1.72. The van der Waals surface area contributed by atoms with Crippen LogP contribution < -0.4 is 0 Å². The quantitative estimate of drug-likeness (QED) is 0.384. The Kier molecular flexibility index (Phi) is 8.04. The van der Waals surface area contributed by atoms with Gasteiger partial charge in [-0.25, -0.2) is 4.68 Å². The maximum absolute atomic E-state index is 14.6. The fourth-order valence-electron chi connectivity index (χ4n) is 7.22. The Morgan fingerprint density at radius 2 is 1.90 bits per heavy atom. The number of carbonyl (C=O) groups is 3. The van der Waals surface area contributed by atoms with Crippen LogP contribution in [0.25, 0.3) is 11.0 Å². The van der Waals surface area contributed by atoms with E-state index < -0.39 is 33.4 Å². The third kappa shape index (κ3) is 4.57. The van der Waals surface area contributed by atoms with Gasteiger partial charge in [0.25, 0.3) is 0 Å². The molecule has 1 N–H and O–H groups in total. The number of nitrogens with zero attached hydrogens (tertiary/aromatic N) is 6. The first-order valence-electron chi connectivity index (χ1n) is 14.4. The van der Waals surface area contributed by atoms with Gasteiger partial charge in [0.05, 0.1) is 34.7 Å². The van der Waals surface area contributed by atoms with Gasteiger partial charge in [0, 0.05) is 24.4 Å². The lowest BCUT2D eigenvalue weighted by molar-refractivity contribution is -0.147. The van der Waals surface area contributed by atoms with Crippen LogP contribution in [-0.4, -0.2) is 100 Å². The number of likely N-dealkylation sites (tertiary alicyclic amines) is 1. The number of fused-ring (bicyclic) bond motifs is 2. The summed E-state index contributed by atoms with van der Waals surface area (Å²) in [6.07, 6.45) is 5.54. The Balaban J connectivity index is 1.55. The molecule has 2 aromatic rings. The summed E-state index contributed by atoms with van der Waals surface area (Å²) < 4.78 is 0.429. The number of para-hydroxylation sites is 1. The van der Waals surface area contributed by atoms with Gasteiger partial charge in [-0.15, -0.1) is 30.0 Å². The lowest BCUT2D eigenvalue weighted by Crippen LogP contribution is -2.57. The van der Waals surface area contributed by atoms with Crippen molar-refractivity contribution in [2.24, 2.45) is 11.8 Å². The number of thioether (sulfide) groups is 1. The van der Waals surface area contributed by atoms with Crippen LogP contribution in [0.4, 0.5) is 0 Å². The molecule has 3 aliphatic rings. The molecule has 3 fully saturated rings. The molecule has 1 aromatic heterocycles. The van der Waals surface area contributed by atoms with E-state index in [1.165, 1.54) is 0 Å². The number of aromatic nitrogens is 3. The summed E-state index contributed by atoms with van der Waals surface area (Å²) in [5.41, 5.74) is 1.51. The maximum Gasteiger partial charge on any atom is 0.248 e. The molecule has 3 saturated heterocycles. The fourth-order valence-corrected chi connectivity index (χ4v) is 9.56. The highest BCUT2D eigenvalue weighted by molar-refractivity contribution is 8.02. The summed E-state index contributed by atoms with van der Waals surface area (Å²) in [5, 5.41) is 18.7. The number of rotatable bonds is 12. The van der Waals surface area contributed by atoms with Crippen LogP contribution in [0, 0.1) is 11.8 Å². The second-order valence-electron chi connectivity index (χ2n) is 11.6. The Morgan fingerprint density at radius 3 is 2.59 bits per heavy atom. The van der Waals surface area contributed by atoms with Crippen molar-refractivity contribution in [2.45, 2.75) is 68.3 Å². The number of aliphatic hydroxyl groups excluding tert-OH is 1. The molecule has 5 rings (SSSR count). The summed E-state index contributed by atoms with van der Waals surface area (Å²) in [4.78, 5) is 48.1. The monoisotopic (exact) mass is 580 g/mol. The first kappa shape index (κ1) is 29.3. The standard InChI is InChI=1S/C30H40N6O4S/c1-6-15-33(16-7-2)26(38)23-24-27(39)36(20(4)18-37)25(30(24)14-13-29(23,5)41-30)28(40)34(17-8-3)19-35-22-12-10-9-11-21(22)31-32-35/h6,8-12,20,23-25,37H,1,3,7,13-19H2,2,4-5H3/t20-,23-,24+,25?,29+,30?/m1/s1. The smallest absolute Gasteiger partial charge is 0.248 e. The minimum atomic E-state index is -0.833. The van der Waals surface area contributed by atoms with Gasteiger partial charge in [0.1, 0.15) is 18.2 Å². The number of carbonyl (C=O) groups excluding carboxylic acids is 3. The maximum atomic E-state index is 14.6. The van der Waals surface area contributed by atoms with E-state index in [1.54, 1.807) is 50.2 Å². The molecule has 3 amide bonds. The van der Waals surface area contributed by atoms with Gasteiger partial charge in [0.15, 0.2) is 0 Å². The van der Waals surface area contributed by atoms with E-state index >= 15 is 0 Å². The van der Waals surface area contributed by atoms with Crippen molar-refractivity contribution < 1.29 is 19.5 Å². The molecule has 220 valence electrons. The van der Waals surface area contributed by atoms with Crippen molar-refractivity contribution in [3.05, 3.63) is 49.6 Å². The van der Waals surface area contributed by atoms with E-state index in [1.807, 2.05) is 31.2 Å². The minimum Gasteiger partial charge on any atom is -0.394 e. The Morgan fingerprint density at radius 1 is 1.20 bits per heavy atom. The van der Waals surface area contributed by atoms with Gasteiger partial charge in [-0.05, 0) is 45.2 Å². The van der Waals surface area contributed by atoms with Crippen LogP contribution in [0.5, 0.6) is 0 Å². The highest BCUT2D eigenvalue weighted by Crippen LogP contribution is 2.71. The molecule has 4 heterocycles. The third-order valence-corrected chi connectivity index (χ3v) is 11.0. The topological polar surface area (TPSA) is 112 Å². The zero-order valence-corrected chi connectivity index (χ0v) is 24.9. The van der Waals surface area contributed by atoms with Crippen molar-refractivity contribution in [3.63, 3.8) is 0 Å². The largest absolute Gasteiger partial charge is 0.394 e. The molecule has 0 aliphatic carbocycles. The summed E-state index contributed by atoms with van der Waals surface area (Å²) in [6.45, 7) is 14.6. The highest BCUT2D eigenvalue weighted by atomic mass is 32.2. The minimum absolute atomic E-state index is 0.0524. The molecule has 2 bridgehead atoms. The molecule has 0 radical (unpaired) electrons. The van der Waals surface area contributed by atoms with Gasteiger partial charge >= 0.3 is 0 Å². The number of aliphatic hydroxyl groups is 1. The van der Waals surface area contributed by atoms with E-state index in [2.05, 4.69) is 30.4 Å². The number of hydrogen-bond donors (Lipinski definition) is 1. The second-order valence-corrected chi connectivity index (χ2v) is 13.5. The van der Waals surface area contributed by atoms with Gasteiger partial charge < -0.3 is 19.8 Å². The predicted molar refractivity (Wildman–Crippen MR) is 159 cm³/mol. The van der Waals surface area contributed by atoms with Crippen LogP contribution in [0.2, 0.25) is 0 Å². The molecule has 1 spiro atoms. The molecular formula is C30H40N6O4S. The second kappa shape index (κ2) is 11.2.